The first-order valence-corrected chi connectivity index (χ1v) is 7.21. The molecule has 0 aliphatic heterocycles. The van der Waals surface area contributed by atoms with Crippen molar-refractivity contribution in [1.29, 1.82) is 0 Å². The summed E-state index contributed by atoms with van der Waals surface area (Å²) in [6.07, 6.45) is 3.77. The smallest absolute Gasteiger partial charge is 0.254 e. The van der Waals surface area contributed by atoms with E-state index in [0.717, 1.165) is 24.4 Å². The van der Waals surface area contributed by atoms with E-state index in [4.69, 9.17) is 9.15 Å². The molecule has 4 nitrogen and oxygen atoms in total. The molecule has 1 amide bonds. The number of methoxy groups -OCH3 is 1. The fraction of sp³-hybridized carbons (Fsp3) is 0.353. The first-order chi connectivity index (χ1) is 10.2. The molecule has 1 heterocycles. The Hall–Kier alpha value is -2.23. The molecule has 4 heteroatoms. The van der Waals surface area contributed by atoms with E-state index in [9.17, 15) is 4.79 Å². The molecule has 1 fully saturated rings. The van der Waals surface area contributed by atoms with Crippen LogP contribution in [0, 0.1) is 0 Å². The van der Waals surface area contributed by atoms with Crippen molar-refractivity contribution < 1.29 is 13.9 Å². The maximum atomic E-state index is 12.8. The number of hydrogen-bond acceptors (Lipinski definition) is 3. The zero-order valence-electron chi connectivity index (χ0n) is 12.3. The summed E-state index contributed by atoms with van der Waals surface area (Å²) in [4.78, 5) is 14.7. The van der Waals surface area contributed by atoms with Gasteiger partial charge < -0.3 is 14.1 Å². The van der Waals surface area contributed by atoms with E-state index in [1.54, 1.807) is 13.4 Å². The van der Waals surface area contributed by atoms with Gasteiger partial charge in [-0.25, -0.2) is 0 Å². The highest BCUT2D eigenvalue weighted by atomic mass is 16.5. The summed E-state index contributed by atoms with van der Waals surface area (Å²) < 4.78 is 10.6. The number of amides is 1. The summed E-state index contributed by atoms with van der Waals surface area (Å²) in [5.41, 5.74) is 0.682. The third-order valence-corrected chi connectivity index (χ3v) is 3.88. The number of carbonyl (C=O) groups excluding carboxylic acids is 1. The second-order valence-electron chi connectivity index (χ2n) is 5.36. The van der Waals surface area contributed by atoms with Gasteiger partial charge >= 0.3 is 0 Å². The summed E-state index contributed by atoms with van der Waals surface area (Å²) in [5.74, 6) is 1.62. The fourth-order valence-electron chi connectivity index (χ4n) is 2.56. The molecule has 1 atom stereocenters. The van der Waals surface area contributed by atoms with Crippen LogP contribution in [0.15, 0.2) is 47.1 Å². The maximum absolute atomic E-state index is 12.8. The van der Waals surface area contributed by atoms with Gasteiger partial charge in [0.15, 0.2) is 0 Å². The largest absolute Gasteiger partial charge is 0.497 e. The first-order valence-electron chi connectivity index (χ1n) is 7.21. The maximum Gasteiger partial charge on any atom is 0.254 e. The van der Waals surface area contributed by atoms with Crippen molar-refractivity contribution in [3.63, 3.8) is 0 Å². The molecule has 1 aromatic carbocycles. The van der Waals surface area contributed by atoms with Crippen LogP contribution in [-0.2, 0) is 0 Å². The Bertz CT molecular complexity index is 599. The molecule has 0 spiro atoms. The zero-order valence-corrected chi connectivity index (χ0v) is 12.3. The van der Waals surface area contributed by atoms with E-state index in [-0.39, 0.29) is 11.9 Å². The number of nitrogens with zero attached hydrogens (tertiary/aromatic N) is 1. The Morgan fingerprint density at radius 3 is 2.52 bits per heavy atom. The Labute approximate surface area is 124 Å². The molecule has 1 saturated carbocycles. The summed E-state index contributed by atoms with van der Waals surface area (Å²) in [7, 11) is 1.62. The summed E-state index contributed by atoms with van der Waals surface area (Å²) in [6, 6.07) is 11.3. The second kappa shape index (κ2) is 5.64. The van der Waals surface area contributed by atoms with E-state index in [1.807, 2.05) is 48.2 Å². The molecule has 3 rings (SSSR count). The Morgan fingerprint density at radius 2 is 2.00 bits per heavy atom. The van der Waals surface area contributed by atoms with Crippen LogP contribution in [0.4, 0.5) is 0 Å². The highest BCUT2D eigenvalue weighted by molar-refractivity contribution is 5.95. The van der Waals surface area contributed by atoms with E-state index in [2.05, 4.69) is 0 Å². The van der Waals surface area contributed by atoms with Crippen molar-refractivity contribution in [3.05, 3.63) is 54.0 Å². The van der Waals surface area contributed by atoms with Gasteiger partial charge in [-0.15, -0.1) is 0 Å². The molecule has 1 aliphatic carbocycles. The van der Waals surface area contributed by atoms with Crippen LogP contribution in [0.5, 0.6) is 5.75 Å². The van der Waals surface area contributed by atoms with Crippen molar-refractivity contribution in [2.75, 3.05) is 7.11 Å². The minimum Gasteiger partial charge on any atom is -0.497 e. The lowest BCUT2D eigenvalue weighted by molar-refractivity contribution is 0.0652. The molecule has 2 aromatic rings. The van der Waals surface area contributed by atoms with Crippen molar-refractivity contribution in [3.8, 4) is 5.75 Å². The van der Waals surface area contributed by atoms with Gasteiger partial charge in [-0.3, -0.25) is 4.79 Å². The molecule has 0 N–H and O–H groups in total. The SMILES string of the molecule is COc1ccc(C(=O)N(C2CC2)C(C)c2ccco2)cc1. The second-order valence-corrected chi connectivity index (χ2v) is 5.36. The van der Waals surface area contributed by atoms with Crippen LogP contribution in [0.3, 0.4) is 0 Å². The van der Waals surface area contributed by atoms with Crippen LogP contribution in [0.1, 0.15) is 41.9 Å². The molecule has 21 heavy (non-hydrogen) atoms. The summed E-state index contributed by atoms with van der Waals surface area (Å²) >= 11 is 0. The van der Waals surface area contributed by atoms with Crippen molar-refractivity contribution >= 4 is 5.91 Å². The minimum atomic E-state index is -0.0536. The average Bonchev–Trinajstić information content (AvgIpc) is 3.19. The van der Waals surface area contributed by atoms with Crippen LogP contribution >= 0.6 is 0 Å². The van der Waals surface area contributed by atoms with Gasteiger partial charge in [0.05, 0.1) is 19.4 Å². The molecule has 0 bridgehead atoms. The van der Waals surface area contributed by atoms with Gasteiger partial charge in [0, 0.05) is 11.6 Å². The fourth-order valence-corrected chi connectivity index (χ4v) is 2.56. The number of ether oxygens (including phenoxy) is 1. The van der Waals surface area contributed by atoms with Gasteiger partial charge in [0.1, 0.15) is 11.5 Å². The lowest BCUT2D eigenvalue weighted by Gasteiger charge is -2.28. The topological polar surface area (TPSA) is 42.7 Å². The van der Waals surface area contributed by atoms with Crippen molar-refractivity contribution in [2.24, 2.45) is 0 Å². The van der Waals surface area contributed by atoms with Gasteiger partial charge in [-0.2, -0.15) is 0 Å². The average molecular weight is 285 g/mol. The van der Waals surface area contributed by atoms with Gasteiger partial charge in [-0.1, -0.05) is 0 Å². The third-order valence-electron chi connectivity index (χ3n) is 3.88. The predicted octanol–water partition coefficient (Wildman–Crippen LogP) is 3.65. The molecule has 110 valence electrons. The molecule has 1 aliphatic rings. The van der Waals surface area contributed by atoms with E-state index < -0.39 is 0 Å². The Balaban J connectivity index is 1.84. The lowest BCUT2D eigenvalue weighted by atomic mass is 10.1. The monoisotopic (exact) mass is 285 g/mol. The van der Waals surface area contributed by atoms with Crippen molar-refractivity contribution in [1.82, 2.24) is 4.90 Å². The number of benzene rings is 1. The van der Waals surface area contributed by atoms with Crippen LogP contribution < -0.4 is 4.74 Å². The standard InChI is InChI=1S/C17H19NO3/c1-12(16-4-3-11-21-16)18(14-7-8-14)17(19)13-5-9-15(20-2)10-6-13/h3-6,9-12,14H,7-8H2,1-2H3. The van der Waals surface area contributed by atoms with E-state index in [0.29, 0.717) is 11.6 Å². The predicted molar refractivity (Wildman–Crippen MR) is 79.3 cm³/mol. The number of carbonyl (C=O) groups is 1. The Morgan fingerprint density at radius 1 is 1.29 bits per heavy atom. The first kappa shape index (κ1) is 13.7. The van der Waals surface area contributed by atoms with Gasteiger partial charge in [-0.05, 0) is 56.2 Å². The summed E-state index contributed by atoms with van der Waals surface area (Å²) in [6.45, 7) is 2.01. The molecule has 1 unspecified atom stereocenters. The molecular formula is C17H19NO3. The van der Waals surface area contributed by atoms with E-state index in [1.165, 1.54) is 0 Å². The minimum absolute atomic E-state index is 0.0454. The molecular weight excluding hydrogens is 266 g/mol. The third kappa shape index (κ3) is 2.79. The van der Waals surface area contributed by atoms with Crippen LogP contribution in [0.2, 0.25) is 0 Å². The van der Waals surface area contributed by atoms with E-state index >= 15 is 0 Å². The summed E-state index contributed by atoms with van der Waals surface area (Å²) in [5, 5.41) is 0. The number of hydrogen-bond donors (Lipinski definition) is 0. The Kier molecular flexibility index (Phi) is 3.69. The molecule has 1 aromatic heterocycles. The lowest BCUT2D eigenvalue weighted by Crippen LogP contribution is -2.35. The highest BCUT2D eigenvalue weighted by Gasteiger charge is 2.37. The number of furan rings is 1. The number of rotatable bonds is 5. The van der Waals surface area contributed by atoms with Crippen LogP contribution in [0.25, 0.3) is 0 Å². The quantitative estimate of drug-likeness (QED) is 0.842. The van der Waals surface area contributed by atoms with Crippen molar-refractivity contribution in [2.45, 2.75) is 31.8 Å². The molecule has 0 radical (unpaired) electrons. The highest BCUT2D eigenvalue weighted by Crippen LogP contribution is 2.35. The molecule has 0 saturated heterocycles. The van der Waals surface area contributed by atoms with Gasteiger partial charge in [0.25, 0.3) is 5.91 Å². The normalized spacial score (nSPS) is 15.5. The van der Waals surface area contributed by atoms with Gasteiger partial charge in [0.2, 0.25) is 0 Å². The van der Waals surface area contributed by atoms with Crippen LogP contribution in [-0.4, -0.2) is 24.0 Å². The zero-order chi connectivity index (χ0) is 14.8.